The van der Waals surface area contributed by atoms with Crippen LogP contribution in [0.5, 0.6) is 5.75 Å². The summed E-state index contributed by atoms with van der Waals surface area (Å²) in [5.74, 6) is 0.726. The van der Waals surface area contributed by atoms with Gasteiger partial charge in [-0.25, -0.2) is 9.07 Å². The van der Waals surface area contributed by atoms with Crippen LogP contribution in [-0.4, -0.2) is 27.8 Å². The van der Waals surface area contributed by atoms with E-state index >= 15 is 0 Å². The minimum atomic E-state index is -0.364. The molecule has 1 aromatic heterocycles. The first-order chi connectivity index (χ1) is 17.1. The van der Waals surface area contributed by atoms with Gasteiger partial charge in [0, 0.05) is 11.6 Å². The van der Waals surface area contributed by atoms with Gasteiger partial charge in [0.15, 0.2) is 0 Å². The normalized spacial score (nSPS) is 17.0. The Morgan fingerprint density at radius 2 is 1.80 bits per heavy atom. The molecule has 0 radical (unpaired) electrons. The Labute approximate surface area is 202 Å². The predicted octanol–water partition coefficient (Wildman–Crippen LogP) is 5.22. The average molecular weight is 470 g/mol. The van der Waals surface area contributed by atoms with Crippen molar-refractivity contribution in [3.05, 3.63) is 107 Å². The van der Waals surface area contributed by atoms with E-state index in [1.165, 1.54) is 18.2 Å². The van der Waals surface area contributed by atoms with E-state index in [0.29, 0.717) is 18.1 Å². The molecule has 35 heavy (non-hydrogen) atoms. The number of methoxy groups -OCH3 is 1. The fraction of sp³-hybridized carbons (Fsp3) is 0.148. The highest BCUT2D eigenvalue weighted by Crippen LogP contribution is 2.38. The molecule has 1 amide bonds. The number of amides is 1. The molecule has 0 bridgehead atoms. The number of rotatable bonds is 6. The van der Waals surface area contributed by atoms with Crippen molar-refractivity contribution >= 4 is 23.9 Å². The molecule has 0 spiro atoms. The second-order valence-corrected chi connectivity index (χ2v) is 8.18. The summed E-state index contributed by atoms with van der Waals surface area (Å²) in [6.45, 7) is 0. The maximum absolute atomic E-state index is 13.6. The topological polar surface area (TPSA) is 81.1 Å². The first-order valence-electron chi connectivity index (χ1n) is 11.3. The molecule has 5 rings (SSSR count). The average Bonchev–Trinajstić information content (AvgIpc) is 3.30. The number of benzene rings is 3. The summed E-state index contributed by atoms with van der Waals surface area (Å²) < 4.78 is 20.6. The van der Waals surface area contributed by atoms with Crippen LogP contribution in [0.2, 0.25) is 0 Å². The number of carbonyl (C=O) groups is 1. The second kappa shape index (κ2) is 9.80. The van der Waals surface area contributed by atoms with Crippen LogP contribution in [0.3, 0.4) is 0 Å². The zero-order valence-corrected chi connectivity index (χ0v) is 19.1. The molecular weight excluding hydrogens is 445 g/mol. The molecule has 0 fully saturated rings. The van der Waals surface area contributed by atoms with Crippen molar-refractivity contribution in [1.82, 2.24) is 14.8 Å². The lowest BCUT2D eigenvalue weighted by molar-refractivity contribution is -0.111. The number of fused-ring (bicyclic) bond motifs is 1. The maximum atomic E-state index is 13.6. The fourth-order valence-electron chi connectivity index (χ4n) is 4.22. The lowest BCUT2D eigenvalue weighted by Gasteiger charge is -2.31. The highest BCUT2D eigenvalue weighted by atomic mass is 19.1. The SMILES string of the molecule is COc1ccccc1/C=C/C(=O)Nc1nc2n(n1)[C@H](c1ccc(F)cc1)C[C@@H](c1ccccc1)N2. The zero-order chi connectivity index (χ0) is 24.2. The highest BCUT2D eigenvalue weighted by Gasteiger charge is 2.31. The van der Waals surface area contributed by atoms with Crippen LogP contribution in [0.15, 0.2) is 84.9 Å². The van der Waals surface area contributed by atoms with Gasteiger partial charge in [0.25, 0.3) is 11.9 Å². The molecule has 3 aromatic carbocycles. The van der Waals surface area contributed by atoms with Crippen molar-refractivity contribution in [1.29, 1.82) is 0 Å². The van der Waals surface area contributed by atoms with E-state index < -0.39 is 0 Å². The van der Waals surface area contributed by atoms with Gasteiger partial charge >= 0.3 is 0 Å². The number of para-hydroxylation sites is 1. The molecule has 0 aliphatic carbocycles. The monoisotopic (exact) mass is 469 g/mol. The number of halogens is 1. The van der Waals surface area contributed by atoms with Crippen LogP contribution < -0.4 is 15.4 Å². The largest absolute Gasteiger partial charge is 0.496 e. The molecule has 0 saturated heterocycles. The molecule has 0 unspecified atom stereocenters. The predicted molar refractivity (Wildman–Crippen MR) is 133 cm³/mol. The van der Waals surface area contributed by atoms with Crippen LogP contribution in [0.25, 0.3) is 6.08 Å². The Hall–Kier alpha value is -4.46. The minimum Gasteiger partial charge on any atom is -0.496 e. The third-order valence-corrected chi connectivity index (χ3v) is 5.93. The van der Waals surface area contributed by atoms with E-state index in [0.717, 1.165) is 16.7 Å². The van der Waals surface area contributed by atoms with E-state index in [1.807, 2.05) is 42.5 Å². The highest BCUT2D eigenvalue weighted by molar-refractivity contribution is 6.01. The van der Waals surface area contributed by atoms with Gasteiger partial charge in [-0.3, -0.25) is 10.1 Å². The number of ether oxygens (including phenoxy) is 1. The molecule has 1 aliphatic rings. The van der Waals surface area contributed by atoms with Crippen molar-refractivity contribution in [3.63, 3.8) is 0 Å². The van der Waals surface area contributed by atoms with Gasteiger partial charge in [-0.2, -0.15) is 4.98 Å². The second-order valence-electron chi connectivity index (χ2n) is 8.18. The summed E-state index contributed by atoms with van der Waals surface area (Å²) in [6.07, 6.45) is 3.78. The van der Waals surface area contributed by atoms with Crippen LogP contribution >= 0.6 is 0 Å². The Kier molecular flexibility index (Phi) is 6.26. The number of hydrogen-bond acceptors (Lipinski definition) is 5. The molecule has 2 N–H and O–H groups in total. The molecule has 2 atom stereocenters. The third-order valence-electron chi connectivity index (χ3n) is 5.93. The van der Waals surface area contributed by atoms with Crippen LogP contribution in [-0.2, 0) is 4.79 Å². The van der Waals surface area contributed by atoms with Gasteiger partial charge in [0.05, 0.1) is 19.2 Å². The molecule has 176 valence electrons. The quantitative estimate of drug-likeness (QED) is 0.378. The number of nitrogens with one attached hydrogen (secondary N) is 2. The Morgan fingerprint density at radius 3 is 2.57 bits per heavy atom. The number of nitrogens with zero attached hydrogens (tertiary/aromatic N) is 3. The summed E-state index contributed by atoms with van der Waals surface area (Å²) in [4.78, 5) is 17.1. The van der Waals surface area contributed by atoms with Crippen molar-refractivity contribution in [2.75, 3.05) is 17.7 Å². The van der Waals surface area contributed by atoms with Crippen LogP contribution in [0.1, 0.15) is 35.2 Å². The van der Waals surface area contributed by atoms with Gasteiger partial charge in [0.1, 0.15) is 11.6 Å². The molecule has 8 heteroatoms. The van der Waals surface area contributed by atoms with Crippen LogP contribution in [0, 0.1) is 5.82 Å². The van der Waals surface area contributed by atoms with E-state index in [1.54, 1.807) is 30.0 Å². The molecule has 4 aromatic rings. The molecule has 1 aliphatic heterocycles. The van der Waals surface area contributed by atoms with Gasteiger partial charge < -0.3 is 10.1 Å². The summed E-state index contributed by atoms with van der Waals surface area (Å²) in [7, 11) is 1.58. The van der Waals surface area contributed by atoms with Crippen molar-refractivity contribution in [2.45, 2.75) is 18.5 Å². The van der Waals surface area contributed by atoms with Crippen molar-refractivity contribution in [3.8, 4) is 5.75 Å². The zero-order valence-electron chi connectivity index (χ0n) is 19.1. The number of carbonyl (C=O) groups excluding carboxylic acids is 1. The van der Waals surface area contributed by atoms with Crippen molar-refractivity contribution in [2.24, 2.45) is 0 Å². The summed E-state index contributed by atoms with van der Waals surface area (Å²) in [5.41, 5.74) is 2.80. The molecular formula is C27H24FN5O2. The first-order valence-corrected chi connectivity index (χ1v) is 11.3. The number of aromatic nitrogens is 3. The Morgan fingerprint density at radius 1 is 1.06 bits per heavy atom. The smallest absolute Gasteiger partial charge is 0.250 e. The van der Waals surface area contributed by atoms with Gasteiger partial charge in [-0.15, -0.1) is 5.10 Å². The summed E-state index contributed by atoms with van der Waals surface area (Å²) in [6, 6.07) is 23.7. The lowest BCUT2D eigenvalue weighted by Crippen LogP contribution is -2.28. The standard InChI is InChI=1S/C27H24FN5O2/c1-35-24-10-6-5-9-20(24)13-16-25(34)30-26-31-27-29-22(18-7-3-2-4-8-18)17-23(33(27)32-26)19-11-14-21(28)15-12-19/h2-16,22-23H,17H2,1H3,(H2,29,30,31,32,34)/b16-13+/t22-,23-/m0/s1. The minimum absolute atomic E-state index is 0.0167. The van der Waals surface area contributed by atoms with E-state index in [9.17, 15) is 9.18 Å². The Balaban J connectivity index is 1.41. The van der Waals surface area contributed by atoms with Gasteiger partial charge in [-0.05, 0) is 41.8 Å². The number of hydrogen-bond donors (Lipinski definition) is 2. The van der Waals surface area contributed by atoms with Gasteiger partial charge in [-0.1, -0.05) is 60.7 Å². The molecule has 0 saturated carbocycles. The summed E-state index contributed by atoms with van der Waals surface area (Å²) >= 11 is 0. The Bertz CT molecular complexity index is 1350. The van der Waals surface area contributed by atoms with E-state index in [-0.39, 0.29) is 29.8 Å². The first kappa shape index (κ1) is 22.3. The maximum Gasteiger partial charge on any atom is 0.250 e. The van der Waals surface area contributed by atoms with Crippen LogP contribution in [0.4, 0.5) is 16.3 Å². The summed E-state index contributed by atoms with van der Waals surface area (Å²) in [5, 5.41) is 10.7. The molecule has 2 heterocycles. The molecule has 7 nitrogen and oxygen atoms in total. The fourth-order valence-corrected chi connectivity index (χ4v) is 4.22. The van der Waals surface area contributed by atoms with E-state index in [2.05, 4.69) is 32.8 Å². The van der Waals surface area contributed by atoms with Crippen molar-refractivity contribution < 1.29 is 13.9 Å². The lowest BCUT2D eigenvalue weighted by atomic mass is 9.93. The van der Waals surface area contributed by atoms with E-state index in [4.69, 9.17) is 4.74 Å². The number of anilines is 2. The third kappa shape index (κ3) is 4.91. The van der Waals surface area contributed by atoms with Gasteiger partial charge in [0.2, 0.25) is 5.95 Å².